The monoisotopic (exact) mass is 372 g/mol. The maximum atomic E-state index is 12.5. The van der Waals surface area contributed by atoms with E-state index in [9.17, 15) is 9.18 Å². The van der Waals surface area contributed by atoms with Gasteiger partial charge in [-0.25, -0.2) is 4.39 Å². The molecule has 0 radical (unpaired) electrons. The Morgan fingerprint density at radius 1 is 0.815 bits per heavy atom. The molecule has 0 aromatic heterocycles. The third-order valence-electron chi connectivity index (χ3n) is 7.32. The summed E-state index contributed by atoms with van der Waals surface area (Å²) in [6.45, 7) is 1.42. The number of halogens is 1. The molecule has 0 bridgehead atoms. The van der Waals surface area contributed by atoms with Gasteiger partial charge >= 0.3 is 0 Å². The summed E-state index contributed by atoms with van der Waals surface area (Å²) in [5, 5.41) is 0. The van der Waals surface area contributed by atoms with Gasteiger partial charge in [-0.05, 0) is 54.9 Å². The molecule has 1 aromatic rings. The first kappa shape index (κ1) is 20.6. The van der Waals surface area contributed by atoms with Crippen molar-refractivity contribution in [2.45, 2.75) is 89.9 Å². The van der Waals surface area contributed by atoms with Gasteiger partial charge in [0.05, 0.1) is 0 Å². The van der Waals surface area contributed by atoms with Gasteiger partial charge in [0.25, 0.3) is 0 Å². The summed E-state index contributed by atoms with van der Waals surface area (Å²) in [4.78, 5) is 11.4. The van der Waals surface area contributed by atoms with Gasteiger partial charge in [-0.1, -0.05) is 82.6 Å². The van der Waals surface area contributed by atoms with E-state index in [0.717, 1.165) is 17.8 Å². The summed E-state index contributed by atoms with van der Waals surface area (Å²) >= 11 is 0. The van der Waals surface area contributed by atoms with Crippen LogP contribution in [0.4, 0.5) is 4.39 Å². The smallest absolute Gasteiger partial charge is 0.193 e. The van der Waals surface area contributed by atoms with Crippen molar-refractivity contribution < 1.29 is 9.18 Å². The highest BCUT2D eigenvalue weighted by Crippen LogP contribution is 2.40. The quantitative estimate of drug-likeness (QED) is 0.432. The summed E-state index contributed by atoms with van der Waals surface area (Å²) in [5.41, 5.74) is 1.83. The van der Waals surface area contributed by atoms with Crippen molar-refractivity contribution in [2.75, 3.05) is 6.67 Å². The molecule has 0 spiro atoms. The fourth-order valence-electron chi connectivity index (χ4n) is 5.49. The van der Waals surface area contributed by atoms with Crippen LogP contribution in [-0.2, 0) is 0 Å². The third-order valence-corrected chi connectivity index (χ3v) is 7.32. The van der Waals surface area contributed by atoms with E-state index < -0.39 is 12.5 Å². The van der Waals surface area contributed by atoms with Crippen molar-refractivity contribution in [3.8, 4) is 0 Å². The summed E-state index contributed by atoms with van der Waals surface area (Å²) in [7, 11) is 0. The van der Waals surface area contributed by atoms with E-state index in [1.54, 1.807) is 12.1 Å². The zero-order valence-corrected chi connectivity index (χ0v) is 17.1. The Bertz CT molecular complexity index is 562. The zero-order valence-electron chi connectivity index (χ0n) is 17.1. The fourth-order valence-corrected chi connectivity index (χ4v) is 5.49. The minimum Gasteiger partial charge on any atom is -0.291 e. The van der Waals surface area contributed by atoms with Crippen molar-refractivity contribution in [2.24, 2.45) is 17.8 Å². The Morgan fingerprint density at radius 2 is 1.30 bits per heavy atom. The number of carbonyl (C=O) groups is 1. The highest BCUT2D eigenvalue weighted by Gasteiger charge is 2.25. The van der Waals surface area contributed by atoms with E-state index in [1.807, 2.05) is 12.1 Å². The van der Waals surface area contributed by atoms with E-state index in [-0.39, 0.29) is 0 Å². The molecule has 1 nitrogen and oxygen atoms in total. The van der Waals surface area contributed by atoms with Crippen LogP contribution >= 0.6 is 0 Å². The molecule has 0 aliphatic heterocycles. The number of hydrogen-bond donors (Lipinski definition) is 0. The lowest BCUT2D eigenvalue weighted by molar-refractivity contribution is 0.0958. The van der Waals surface area contributed by atoms with Crippen molar-refractivity contribution in [3.63, 3.8) is 0 Å². The van der Waals surface area contributed by atoms with E-state index in [1.165, 1.54) is 82.6 Å². The van der Waals surface area contributed by atoms with Crippen molar-refractivity contribution >= 4 is 5.78 Å². The maximum absolute atomic E-state index is 12.5. The predicted molar refractivity (Wildman–Crippen MR) is 111 cm³/mol. The molecule has 2 saturated carbocycles. The summed E-state index contributed by atoms with van der Waals surface area (Å²) in [5.74, 6) is 3.15. The van der Waals surface area contributed by atoms with Gasteiger partial charge in [-0.2, -0.15) is 0 Å². The van der Waals surface area contributed by atoms with Gasteiger partial charge in [0, 0.05) is 5.56 Å². The molecule has 0 unspecified atom stereocenters. The number of carbonyl (C=O) groups excluding carboxylic acids is 1. The SMILES string of the molecule is CCCC1CCC(CCC2CCC(c3ccc(C(=O)CF)cc3)CC2)CC1. The molecule has 0 N–H and O–H groups in total. The standard InChI is InChI=1S/C25H37FO/c1-2-3-19-4-6-20(7-5-19)8-9-21-10-12-22(13-11-21)23-14-16-24(17-15-23)25(27)18-26/h14-17,19-22H,2-13,18H2,1H3. The van der Waals surface area contributed by atoms with Crippen LogP contribution in [0.25, 0.3) is 0 Å². The van der Waals surface area contributed by atoms with E-state index in [4.69, 9.17) is 0 Å². The van der Waals surface area contributed by atoms with E-state index >= 15 is 0 Å². The average Bonchev–Trinajstić information content (AvgIpc) is 2.73. The van der Waals surface area contributed by atoms with Gasteiger partial charge in [0.2, 0.25) is 0 Å². The van der Waals surface area contributed by atoms with Crippen LogP contribution in [0.3, 0.4) is 0 Å². The van der Waals surface area contributed by atoms with E-state index in [0.29, 0.717) is 11.5 Å². The second kappa shape index (κ2) is 10.4. The molecule has 27 heavy (non-hydrogen) atoms. The van der Waals surface area contributed by atoms with Crippen LogP contribution in [0.5, 0.6) is 0 Å². The minimum atomic E-state index is -0.898. The zero-order chi connectivity index (χ0) is 19.1. The van der Waals surface area contributed by atoms with Crippen LogP contribution in [0, 0.1) is 17.8 Å². The molecular weight excluding hydrogens is 335 g/mol. The molecule has 3 rings (SSSR count). The largest absolute Gasteiger partial charge is 0.291 e. The molecule has 150 valence electrons. The predicted octanol–water partition coefficient (Wildman–Crippen LogP) is 7.50. The molecule has 0 heterocycles. The highest BCUT2D eigenvalue weighted by atomic mass is 19.1. The average molecular weight is 373 g/mol. The van der Waals surface area contributed by atoms with Crippen molar-refractivity contribution in [1.29, 1.82) is 0 Å². The van der Waals surface area contributed by atoms with Gasteiger partial charge < -0.3 is 0 Å². The Kier molecular flexibility index (Phi) is 7.91. The van der Waals surface area contributed by atoms with Crippen LogP contribution in [0.1, 0.15) is 106 Å². The number of rotatable bonds is 8. The van der Waals surface area contributed by atoms with Crippen LogP contribution < -0.4 is 0 Å². The van der Waals surface area contributed by atoms with Gasteiger partial charge in [-0.15, -0.1) is 0 Å². The number of hydrogen-bond acceptors (Lipinski definition) is 1. The minimum absolute atomic E-state index is 0.408. The first-order valence-corrected chi connectivity index (χ1v) is 11.4. The van der Waals surface area contributed by atoms with Gasteiger partial charge in [0.15, 0.2) is 12.5 Å². The highest BCUT2D eigenvalue weighted by molar-refractivity contribution is 5.96. The lowest BCUT2D eigenvalue weighted by Crippen LogP contribution is -2.17. The molecule has 1 aromatic carbocycles. The molecule has 2 fully saturated rings. The summed E-state index contributed by atoms with van der Waals surface area (Å²) < 4.78 is 12.5. The van der Waals surface area contributed by atoms with Crippen molar-refractivity contribution in [1.82, 2.24) is 0 Å². The molecule has 0 amide bonds. The number of Topliss-reactive ketones (excluding diaryl/α,β-unsaturated/α-hetero) is 1. The second-order valence-electron chi connectivity index (χ2n) is 9.15. The molecule has 2 heteroatoms. The lowest BCUT2D eigenvalue weighted by Gasteiger charge is -2.32. The number of benzene rings is 1. The Labute approximate surface area is 165 Å². The number of alkyl halides is 1. The lowest BCUT2D eigenvalue weighted by atomic mass is 9.74. The van der Waals surface area contributed by atoms with E-state index in [2.05, 4.69) is 6.92 Å². The normalized spacial score (nSPS) is 28.8. The Balaban J connectivity index is 1.37. The van der Waals surface area contributed by atoms with Crippen LogP contribution in [-0.4, -0.2) is 12.5 Å². The van der Waals surface area contributed by atoms with Crippen molar-refractivity contribution in [3.05, 3.63) is 35.4 Å². The molecule has 2 aliphatic rings. The topological polar surface area (TPSA) is 17.1 Å². The van der Waals surface area contributed by atoms with Gasteiger partial charge in [-0.3, -0.25) is 4.79 Å². The third kappa shape index (κ3) is 5.90. The summed E-state index contributed by atoms with van der Waals surface area (Å²) in [6, 6.07) is 7.70. The molecule has 0 atom stereocenters. The first-order valence-electron chi connectivity index (χ1n) is 11.4. The first-order chi connectivity index (χ1) is 13.2. The van der Waals surface area contributed by atoms with Crippen LogP contribution in [0.2, 0.25) is 0 Å². The molecule has 2 aliphatic carbocycles. The summed E-state index contributed by atoms with van der Waals surface area (Å²) in [6.07, 6.45) is 16.8. The number of ketones is 1. The molecule has 0 saturated heterocycles. The maximum Gasteiger partial charge on any atom is 0.193 e. The second-order valence-corrected chi connectivity index (χ2v) is 9.15. The van der Waals surface area contributed by atoms with Crippen LogP contribution in [0.15, 0.2) is 24.3 Å². The van der Waals surface area contributed by atoms with Gasteiger partial charge in [0.1, 0.15) is 0 Å². The Hall–Kier alpha value is -1.18. The fraction of sp³-hybridized carbons (Fsp3) is 0.720. The molecular formula is C25H37FO. The Morgan fingerprint density at radius 3 is 1.78 bits per heavy atom.